The van der Waals surface area contributed by atoms with Crippen LogP contribution in [0.2, 0.25) is 0 Å². The zero-order valence-electron chi connectivity index (χ0n) is 15.6. The smallest absolute Gasteiger partial charge is 0.257 e. The Morgan fingerprint density at radius 1 is 1.48 bits per heavy atom. The number of likely N-dealkylation sites (tertiary alicyclic amines) is 1. The first-order valence-corrected chi connectivity index (χ1v) is 9.03. The van der Waals surface area contributed by atoms with Crippen molar-refractivity contribution in [3.05, 3.63) is 41.6 Å². The Labute approximate surface area is 149 Å². The second-order valence-electron chi connectivity index (χ2n) is 7.00. The second kappa shape index (κ2) is 7.44. The predicted octanol–water partition coefficient (Wildman–Crippen LogP) is 2.87. The molecule has 0 saturated carbocycles. The van der Waals surface area contributed by atoms with Crippen LogP contribution in [0.3, 0.4) is 0 Å². The lowest BCUT2D eigenvalue weighted by Crippen LogP contribution is -2.43. The van der Waals surface area contributed by atoms with E-state index in [1.165, 1.54) is 12.0 Å². The minimum atomic E-state index is 0.0322. The molecular weight excluding hydrogens is 316 g/mol. The van der Waals surface area contributed by atoms with E-state index in [1.807, 2.05) is 36.8 Å². The van der Waals surface area contributed by atoms with Crippen LogP contribution in [0.25, 0.3) is 0 Å². The van der Waals surface area contributed by atoms with E-state index in [0.717, 1.165) is 26.1 Å². The van der Waals surface area contributed by atoms with Gasteiger partial charge in [-0.15, -0.1) is 0 Å². The van der Waals surface area contributed by atoms with Gasteiger partial charge in [-0.2, -0.15) is 5.10 Å². The van der Waals surface area contributed by atoms with Crippen molar-refractivity contribution in [3.63, 3.8) is 0 Å². The lowest BCUT2D eigenvalue weighted by Gasteiger charge is -2.42. The van der Waals surface area contributed by atoms with Gasteiger partial charge < -0.3 is 9.32 Å². The second-order valence-corrected chi connectivity index (χ2v) is 7.00. The summed E-state index contributed by atoms with van der Waals surface area (Å²) in [4.78, 5) is 17.1. The summed E-state index contributed by atoms with van der Waals surface area (Å²) in [5.41, 5.74) is 1.90. The summed E-state index contributed by atoms with van der Waals surface area (Å²) < 4.78 is 7.15. The van der Waals surface area contributed by atoms with Gasteiger partial charge in [0.25, 0.3) is 5.91 Å². The first kappa shape index (κ1) is 17.7. The van der Waals surface area contributed by atoms with Gasteiger partial charge in [0.1, 0.15) is 5.76 Å². The fourth-order valence-electron chi connectivity index (χ4n) is 4.02. The number of hydrogen-bond acceptors (Lipinski definition) is 4. The van der Waals surface area contributed by atoms with Crippen LogP contribution in [0.15, 0.2) is 29.1 Å². The molecule has 3 rings (SSSR count). The number of amides is 1. The maximum absolute atomic E-state index is 12.7. The van der Waals surface area contributed by atoms with E-state index >= 15 is 0 Å². The van der Waals surface area contributed by atoms with Crippen LogP contribution in [-0.4, -0.2) is 52.2 Å². The topological polar surface area (TPSA) is 54.5 Å². The van der Waals surface area contributed by atoms with E-state index in [4.69, 9.17) is 4.42 Å². The molecule has 1 fully saturated rings. The number of piperidine rings is 1. The van der Waals surface area contributed by atoms with E-state index in [-0.39, 0.29) is 5.91 Å². The zero-order chi connectivity index (χ0) is 18.0. The molecule has 1 amide bonds. The standard InChI is InChI=1S/C19H28N4O2/c1-5-23-9-6-7-15(18(23)16-11-20-22(4)13-16)12-21(3)19(24)17-8-10-25-14(17)2/h8,10-11,13,15,18H,5-7,9,12H2,1-4H3/t15-,18+/m0/s1. The molecule has 0 aromatic carbocycles. The van der Waals surface area contributed by atoms with Gasteiger partial charge in [0.05, 0.1) is 18.0 Å². The highest BCUT2D eigenvalue weighted by molar-refractivity contribution is 5.94. The van der Waals surface area contributed by atoms with Crippen molar-refractivity contribution in [1.82, 2.24) is 19.6 Å². The molecule has 2 aromatic rings. The van der Waals surface area contributed by atoms with Gasteiger partial charge in [-0.05, 0) is 44.8 Å². The highest BCUT2D eigenvalue weighted by atomic mass is 16.3. The summed E-state index contributed by atoms with van der Waals surface area (Å²) in [6.45, 7) is 6.88. The number of furan rings is 1. The molecule has 3 heterocycles. The monoisotopic (exact) mass is 344 g/mol. The van der Waals surface area contributed by atoms with E-state index in [9.17, 15) is 4.79 Å². The number of nitrogens with zero attached hydrogens (tertiary/aromatic N) is 4. The number of rotatable bonds is 5. The Hall–Kier alpha value is -2.08. The van der Waals surface area contributed by atoms with Crippen LogP contribution in [0.1, 0.15) is 47.5 Å². The highest BCUT2D eigenvalue weighted by Crippen LogP contribution is 2.36. The number of carbonyl (C=O) groups excluding carboxylic acids is 1. The SMILES string of the molecule is CCN1CCC[C@@H](CN(C)C(=O)c2ccoc2C)[C@@H]1c1cnn(C)c1. The minimum Gasteiger partial charge on any atom is -0.469 e. The molecule has 1 saturated heterocycles. The van der Waals surface area contributed by atoms with Gasteiger partial charge in [-0.25, -0.2) is 0 Å². The molecule has 0 aliphatic carbocycles. The minimum absolute atomic E-state index is 0.0322. The maximum atomic E-state index is 12.7. The van der Waals surface area contributed by atoms with Gasteiger partial charge in [0.2, 0.25) is 0 Å². The van der Waals surface area contributed by atoms with E-state index in [1.54, 1.807) is 12.3 Å². The third-order valence-corrected chi connectivity index (χ3v) is 5.28. The Balaban J connectivity index is 1.78. The average molecular weight is 344 g/mol. The van der Waals surface area contributed by atoms with Crippen LogP contribution in [0.4, 0.5) is 0 Å². The fourth-order valence-corrected chi connectivity index (χ4v) is 4.02. The Morgan fingerprint density at radius 2 is 2.28 bits per heavy atom. The summed E-state index contributed by atoms with van der Waals surface area (Å²) >= 11 is 0. The summed E-state index contributed by atoms with van der Waals surface area (Å²) in [7, 11) is 3.84. The van der Waals surface area contributed by atoms with Gasteiger partial charge in [0.15, 0.2) is 0 Å². The Morgan fingerprint density at radius 3 is 2.88 bits per heavy atom. The molecule has 0 unspecified atom stereocenters. The largest absolute Gasteiger partial charge is 0.469 e. The van der Waals surface area contributed by atoms with E-state index in [0.29, 0.717) is 23.3 Å². The molecule has 1 aliphatic rings. The van der Waals surface area contributed by atoms with Crippen molar-refractivity contribution in [1.29, 1.82) is 0 Å². The number of carbonyl (C=O) groups is 1. The third kappa shape index (κ3) is 3.63. The van der Waals surface area contributed by atoms with Crippen LogP contribution in [0.5, 0.6) is 0 Å². The summed E-state index contributed by atoms with van der Waals surface area (Å²) in [6, 6.07) is 2.07. The number of aryl methyl sites for hydroxylation is 2. The van der Waals surface area contributed by atoms with Crippen molar-refractivity contribution >= 4 is 5.91 Å². The molecule has 0 N–H and O–H groups in total. The molecule has 0 bridgehead atoms. The normalized spacial score (nSPS) is 21.4. The van der Waals surface area contributed by atoms with Gasteiger partial charge in [0, 0.05) is 38.4 Å². The first-order valence-electron chi connectivity index (χ1n) is 9.03. The van der Waals surface area contributed by atoms with E-state index in [2.05, 4.69) is 23.1 Å². The van der Waals surface area contributed by atoms with E-state index < -0.39 is 0 Å². The third-order valence-electron chi connectivity index (χ3n) is 5.28. The van der Waals surface area contributed by atoms with Gasteiger partial charge in [-0.3, -0.25) is 14.4 Å². The molecule has 6 heteroatoms. The molecule has 25 heavy (non-hydrogen) atoms. The summed E-state index contributed by atoms with van der Waals surface area (Å²) in [6.07, 6.45) is 7.94. The fraction of sp³-hybridized carbons (Fsp3) is 0.579. The summed E-state index contributed by atoms with van der Waals surface area (Å²) in [5.74, 6) is 1.11. The molecule has 2 atom stereocenters. The lowest BCUT2D eigenvalue weighted by atomic mass is 9.85. The Bertz CT molecular complexity index is 721. The predicted molar refractivity (Wildman–Crippen MR) is 96.3 cm³/mol. The molecular formula is C19H28N4O2. The highest BCUT2D eigenvalue weighted by Gasteiger charge is 2.34. The van der Waals surface area contributed by atoms with Gasteiger partial charge >= 0.3 is 0 Å². The maximum Gasteiger partial charge on any atom is 0.257 e. The van der Waals surface area contributed by atoms with Crippen LogP contribution < -0.4 is 0 Å². The molecule has 1 aliphatic heterocycles. The molecule has 2 aromatic heterocycles. The molecule has 6 nitrogen and oxygen atoms in total. The van der Waals surface area contributed by atoms with Crippen LogP contribution in [0, 0.1) is 12.8 Å². The number of aromatic nitrogens is 2. The average Bonchev–Trinajstić information content (AvgIpc) is 3.22. The number of hydrogen-bond donors (Lipinski definition) is 0. The van der Waals surface area contributed by atoms with Crippen molar-refractivity contribution in [2.75, 3.05) is 26.7 Å². The van der Waals surface area contributed by atoms with Crippen molar-refractivity contribution < 1.29 is 9.21 Å². The van der Waals surface area contributed by atoms with Crippen molar-refractivity contribution in [3.8, 4) is 0 Å². The van der Waals surface area contributed by atoms with Crippen molar-refractivity contribution in [2.24, 2.45) is 13.0 Å². The lowest BCUT2D eigenvalue weighted by molar-refractivity contribution is 0.0587. The zero-order valence-corrected chi connectivity index (χ0v) is 15.6. The molecule has 136 valence electrons. The van der Waals surface area contributed by atoms with Crippen LogP contribution >= 0.6 is 0 Å². The van der Waals surface area contributed by atoms with Crippen LogP contribution in [-0.2, 0) is 7.05 Å². The molecule has 0 spiro atoms. The summed E-state index contributed by atoms with van der Waals surface area (Å²) in [5, 5.41) is 4.36. The molecule has 0 radical (unpaired) electrons. The van der Waals surface area contributed by atoms with Crippen molar-refractivity contribution in [2.45, 2.75) is 32.7 Å². The Kier molecular flexibility index (Phi) is 5.27. The first-order chi connectivity index (χ1) is 12.0. The quantitative estimate of drug-likeness (QED) is 0.837. The van der Waals surface area contributed by atoms with Gasteiger partial charge in [-0.1, -0.05) is 6.92 Å².